The molecule has 1 rings (SSSR count). The Hall–Kier alpha value is -1.16. The minimum Gasteiger partial charge on any atom is -0.295 e. The second-order valence-electron chi connectivity index (χ2n) is 3.32. The van der Waals surface area contributed by atoms with Gasteiger partial charge < -0.3 is 0 Å². The number of amides is 1. The van der Waals surface area contributed by atoms with Gasteiger partial charge in [-0.1, -0.05) is 0 Å². The second kappa shape index (κ2) is 5.66. The molecular formula is C10H14ClN3O. The molecular weight excluding hydrogens is 214 g/mol. The summed E-state index contributed by atoms with van der Waals surface area (Å²) in [7, 11) is 0. The number of halogens is 1. The van der Waals surface area contributed by atoms with Crippen LogP contribution in [0.15, 0.2) is 6.07 Å². The number of carbonyl (C=O) groups is 1. The van der Waals surface area contributed by atoms with Crippen molar-refractivity contribution in [2.24, 2.45) is 0 Å². The van der Waals surface area contributed by atoms with E-state index >= 15 is 0 Å². The number of alkyl halides is 1. The fourth-order valence-corrected chi connectivity index (χ4v) is 1.33. The summed E-state index contributed by atoms with van der Waals surface area (Å²) in [4.78, 5) is 19.6. The van der Waals surface area contributed by atoms with Gasteiger partial charge in [0.05, 0.1) is 0 Å². The third kappa shape index (κ3) is 4.25. The van der Waals surface area contributed by atoms with Crippen LogP contribution in [0, 0.1) is 13.8 Å². The quantitative estimate of drug-likeness (QED) is 0.801. The number of hydrogen-bond acceptors (Lipinski definition) is 3. The van der Waals surface area contributed by atoms with Crippen LogP contribution in [0.2, 0.25) is 0 Å². The van der Waals surface area contributed by atoms with Gasteiger partial charge in [0.25, 0.3) is 0 Å². The van der Waals surface area contributed by atoms with Gasteiger partial charge in [0.2, 0.25) is 11.9 Å². The van der Waals surface area contributed by atoms with Crippen molar-refractivity contribution in [1.29, 1.82) is 0 Å². The lowest BCUT2D eigenvalue weighted by Gasteiger charge is -2.04. The van der Waals surface area contributed by atoms with Gasteiger partial charge in [-0.2, -0.15) is 0 Å². The van der Waals surface area contributed by atoms with E-state index in [2.05, 4.69) is 15.3 Å². The predicted molar refractivity (Wildman–Crippen MR) is 60.1 cm³/mol. The van der Waals surface area contributed by atoms with Crippen LogP contribution >= 0.6 is 11.6 Å². The van der Waals surface area contributed by atoms with Crippen molar-refractivity contribution in [3.8, 4) is 0 Å². The number of aryl methyl sites for hydroxylation is 2. The predicted octanol–water partition coefficient (Wildman–Crippen LogP) is 2.05. The van der Waals surface area contributed by atoms with E-state index in [-0.39, 0.29) is 5.91 Å². The molecule has 0 bridgehead atoms. The molecule has 1 N–H and O–H groups in total. The highest BCUT2D eigenvalue weighted by molar-refractivity contribution is 6.18. The highest BCUT2D eigenvalue weighted by Crippen LogP contribution is 2.04. The average molecular weight is 228 g/mol. The summed E-state index contributed by atoms with van der Waals surface area (Å²) in [6, 6.07) is 1.86. The van der Waals surface area contributed by atoms with Gasteiger partial charge in [-0.05, 0) is 26.3 Å². The summed E-state index contributed by atoms with van der Waals surface area (Å²) in [5, 5.41) is 2.64. The van der Waals surface area contributed by atoms with E-state index in [9.17, 15) is 4.79 Å². The van der Waals surface area contributed by atoms with E-state index in [0.29, 0.717) is 24.7 Å². The summed E-state index contributed by atoms with van der Waals surface area (Å²) < 4.78 is 0. The van der Waals surface area contributed by atoms with Crippen LogP contribution in [0.5, 0.6) is 0 Å². The first-order chi connectivity index (χ1) is 7.11. The van der Waals surface area contributed by atoms with Crippen molar-refractivity contribution in [2.75, 3.05) is 11.2 Å². The summed E-state index contributed by atoms with van der Waals surface area (Å²) in [5.41, 5.74) is 1.69. The molecule has 82 valence electrons. The molecule has 0 saturated heterocycles. The lowest BCUT2D eigenvalue weighted by Crippen LogP contribution is -2.14. The molecule has 0 radical (unpaired) electrons. The number of nitrogens with one attached hydrogen (secondary N) is 1. The van der Waals surface area contributed by atoms with Crippen LogP contribution in [0.3, 0.4) is 0 Å². The number of nitrogens with zero attached hydrogens (tertiary/aromatic N) is 2. The molecule has 0 aromatic carbocycles. The third-order valence-corrected chi connectivity index (χ3v) is 2.04. The molecule has 0 atom stereocenters. The summed E-state index contributed by atoms with van der Waals surface area (Å²) >= 11 is 5.49. The minimum atomic E-state index is -0.0966. The van der Waals surface area contributed by atoms with Crippen LogP contribution in [0.4, 0.5) is 5.95 Å². The normalized spacial score (nSPS) is 10.1. The van der Waals surface area contributed by atoms with E-state index in [4.69, 9.17) is 11.6 Å². The lowest BCUT2D eigenvalue weighted by molar-refractivity contribution is -0.116. The van der Waals surface area contributed by atoms with Gasteiger partial charge in [-0.3, -0.25) is 10.1 Å². The number of hydrogen-bond donors (Lipinski definition) is 1. The van der Waals surface area contributed by atoms with Crippen molar-refractivity contribution < 1.29 is 4.79 Å². The first kappa shape index (κ1) is 11.9. The monoisotopic (exact) mass is 227 g/mol. The van der Waals surface area contributed by atoms with E-state index in [0.717, 1.165) is 11.4 Å². The molecule has 0 aliphatic rings. The highest BCUT2D eigenvalue weighted by atomic mass is 35.5. The lowest BCUT2D eigenvalue weighted by atomic mass is 10.3. The first-order valence-electron chi connectivity index (χ1n) is 4.80. The molecule has 5 heteroatoms. The summed E-state index contributed by atoms with van der Waals surface area (Å²) in [5.74, 6) is 0.758. The van der Waals surface area contributed by atoms with Gasteiger partial charge in [-0.15, -0.1) is 11.6 Å². The molecule has 0 aliphatic carbocycles. The average Bonchev–Trinajstić information content (AvgIpc) is 2.13. The number of rotatable bonds is 4. The molecule has 1 aromatic rings. The highest BCUT2D eigenvalue weighted by Gasteiger charge is 2.04. The largest absolute Gasteiger partial charge is 0.295 e. The van der Waals surface area contributed by atoms with Crippen molar-refractivity contribution in [3.05, 3.63) is 17.5 Å². The Balaban J connectivity index is 2.60. The minimum absolute atomic E-state index is 0.0966. The Morgan fingerprint density at radius 2 is 2.00 bits per heavy atom. The Bertz CT molecular complexity index is 334. The number of anilines is 1. The molecule has 1 aromatic heterocycles. The fraction of sp³-hybridized carbons (Fsp3) is 0.500. The SMILES string of the molecule is Cc1cc(C)nc(NC(=O)CCCCl)n1. The van der Waals surface area contributed by atoms with Crippen LogP contribution in [-0.4, -0.2) is 21.8 Å². The maximum atomic E-state index is 11.3. The zero-order valence-corrected chi connectivity index (χ0v) is 9.64. The van der Waals surface area contributed by atoms with Gasteiger partial charge in [0.15, 0.2) is 0 Å². The van der Waals surface area contributed by atoms with Crippen LogP contribution in [-0.2, 0) is 4.79 Å². The summed E-state index contributed by atoms with van der Waals surface area (Å²) in [6.07, 6.45) is 1.07. The van der Waals surface area contributed by atoms with E-state index < -0.39 is 0 Å². The molecule has 1 heterocycles. The molecule has 0 unspecified atom stereocenters. The third-order valence-electron chi connectivity index (χ3n) is 1.77. The standard InChI is InChI=1S/C10H14ClN3O/c1-7-6-8(2)13-10(12-7)14-9(15)4-3-5-11/h6H,3-5H2,1-2H3,(H,12,13,14,15). The van der Waals surface area contributed by atoms with Gasteiger partial charge in [-0.25, -0.2) is 9.97 Å². The molecule has 0 aliphatic heterocycles. The van der Waals surface area contributed by atoms with Crippen molar-refractivity contribution >= 4 is 23.5 Å². The van der Waals surface area contributed by atoms with Gasteiger partial charge in [0.1, 0.15) is 0 Å². The molecule has 0 saturated carbocycles. The van der Waals surface area contributed by atoms with E-state index in [1.165, 1.54) is 0 Å². The maximum absolute atomic E-state index is 11.3. The summed E-state index contributed by atoms with van der Waals surface area (Å²) in [6.45, 7) is 3.73. The first-order valence-corrected chi connectivity index (χ1v) is 5.33. The molecule has 1 amide bonds. The Kier molecular flexibility index (Phi) is 4.49. The molecule has 0 spiro atoms. The van der Waals surface area contributed by atoms with Crippen LogP contribution in [0.25, 0.3) is 0 Å². The zero-order valence-electron chi connectivity index (χ0n) is 8.88. The topological polar surface area (TPSA) is 54.9 Å². The molecule has 15 heavy (non-hydrogen) atoms. The van der Waals surface area contributed by atoms with E-state index in [1.807, 2.05) is 19.9 Å². The fourth-order valence-electron chi connectivity index (χ4n) is 1.20. The second-order valence-corrected chi connectivity index (χ2v) is 3.69. The smallest absolute Gasteiger partial charge is 0.229 e. The van der Waals surface area contributed by atoms with Crippen LogP contribution < -0.4 is 5.32 Å². The van der Waals surface area contributed by atoms with Crippen molar-refractivity contribution in [2.45, 2.75) is 26.7 Å². The van der Waals surface area contributed by atoms with Crippen LogP contribution in [0.1, 0.15) is 24.2 Å². The zero-order chi connectivity index (χ0) is 11.3. The Morgan fingerprint density at radius 3 is 2.53 bits per heavy atom. The number of carbonyl (C=O) groups excluding carboxylic acids is 1. The molecule has 0 fully saturated rings. The van der Waals surface area contributed by atoms with Gasteiger partial charge >= 0.3 is 0 Å². The van der Waals surface area contributed by atoms with Crippen molar-refractivity contribution in [1.82, 2.24) is 9.97 Å². The number of aromatic nitrogens is 2. The molecule has 4 nitrogen and oxygen atoms in total. The van der Waals surface area contributed by atoms with Gasteiger partial charge in [0, 0.05) is 23.7 Å². The Labute approximate surface area is 94.1 Å². The Morgan fingerprint density at radius 1 is 1.40 bits per heavy atom. The van der Waals surface area contributed by atoms with Crippen molar-refractivity contribution in [3.63, 3.8) is 0 Å². The maximum Gasteiger partial charge on any atom is 0.229 e. The van der Waals surface area contributed by atoms with E-state index in [1.54, 1.807) is 0 Å².